The van der Waals surface area contributed by atoms with E-state index in [-0.39, 0.29) is 41.8 Å². The fourth-order valence-corrected chi connectivity index (χ4v) is 4.33. The Morgan fingerprint density at radius 3 is 2.50 bits per heavy atom. The number of hydrogen-bond donors (Lipinski definition) is 3. The predicted octanol–water partition coefficient (Wildman–Crippen LogP) is 1.70. The van der Waals surface area contributed by atoms with Gasteiger partial charge in [0.15, 0.2) is 5.96 Å². The Bertz CT molecular complexity index is 574. The fourth-order valence-electron chi connectivity index (χ4n) is 4.33. The number of ether oxygens (including phenoxy) is 1. The lowest BCUT2D eigenvalue weighted by Gasteiger charge is -2.39. The number of rotatable bonds is 5. The number of aliphatic imine (C=N–C) groups is 1. The van der Waals surface area contributed by atoms with Crippen LogP contribution in [0.15, 0.2) is 4.99 Å². The molecule has 0 bridgehead atoms. The molecule has 0 aromatic heterocycles. The number of hydrogen-bond acceptors (Lipinski definition) is 4. The molecule has 3 heterocycles. The standard InChI is InChI=1S/C19H33N5O3.HI/c1-3-20-17(21-9-4-14-7-12-27-13-8-14)24-10-5-15(6-11-24)19(2)16(25)22-18(26)23-19;/h14-15H,3-13H2,1-2H3,(H,20,21)(H2,22,23,25,26);1H. The van der Waals surface area contributed by atoms with Gasteiger partial charge < -0.3 is 20.3 Å². The second kappa shape index (κ2) is 10.6. The van der Waals surface area contributed by atoms with Crippen molar-refractivity contribution < 1.29 is 14.3 Å². The van der Waals surface area contributed by atoms with E-state index in [9.17, 15) is 9.59 Å². The normalized spacial score (nSPS) is 27.2. The van der Waals surface area contributed by atoms with Gasteiger partial charge in [0, 0.05) is 39.4 Å². The number of imide groups is 1. The predicted molar refractivity (Wildman–Crippen MR) is 119 cm³/mol. The van der Waals surface area contributed by atoms with Crippen molar-refractivity contribution in [3.8, 4) is 0 Å². The molecule has 0 aromatic carbocycles. The van der Waals surface area contributed by atoms with Gasteiger partial charge in [-0.1, -0.05) is 0 Å². The Hall–Kier alpha value is -1.10. The third kappa shape index (κ3) is 5.49. The summed E-state index contributed by atoms with van der Waals surface area (Å²) in [5.41, 5.74) is -0.790. The SMILES string of the molecule is CCNC(=NCCC1CCOCC1)N1CCC(C2(C)NC(=O)NC2=O)CC1.I. The first-order chi connectivity index (χ1) is 13.0. The van der Waals surface area contributed by atoms with E-state index in [1.54, 1.807) is 0 Å². The summed E-state index contributed by atoms with van der Waals surface area (Å²) in [7, 11) is 0. The molecule has 3 N–H and O–H groups in total. The van der Waals surface area contributed by atoms with Crippen LogP contribution in [0.5, 0.6) is 0 Å². The van der Waals surface area contributed by atoms with E-state index >= 15 is 0 Å². The third-order valence-electron chi connectivity index (χ3n) is 6.16. The Morgan fingerprint density at radius 1 is 1.25 bits per heavy atom. The minimum absolute atomic E-state index is 0. The molecule has 9 heteroatoms. The maximum absolute atomic E-state index is 12.2. The van der Waals surface area contributed by atoms with Crippen LogP contribution < -0.4 is 16.0 Å². The van der Waals surface area contributed by atoms with Crippen LogP contribution >= 0.6 is 24.0 Å². The van der Waals surface area contributed by atoms with Gasteiger partial charge in [-0.15, -0.1) is 24.0 Å². The highest BCUT2D eigenvalue weighted by atomic mass is 127. The first-order valence-corrected chi connectivity index (χ1v) is 10.3. The summed E-state index contributed by atoms with van der Waals surface area (Å²) in [6.07, 6.45) is 5.11. The molecule has 3 aliphatic rings. The first kappa shape index (κ1) is 23.2. The van der Waals surface area contributed by atoms with Gasteiger partial charge in [0.25, 0.3) is 5.91 Å². The Balaban J connectivity index is 0.00000280. The molecular formula is C19H34IN5O3. The van der Waals surface area contributed by atoms with Gasteiger partial charge in [0.05, 0.1) is 0 Å². The van der Waals surface area contributed by atoms with E-state index < -0.39 is 5.54 Å². The van der Waals surface area contributed by atoms with Crippen molar-refractivity contribution >= 4 is 41.9 Å². The van der Waals surface area contributed by atoms with Crippen molar-refractivity contribution in [2.24, 2.45) is 16.8 Å². The number of halogens is 1. The Morgan fingerprint density at radius 2 is 1.93 bits per heavy atom. The van der Waals surface area contributed by atoms with Crippen LogP contribution in [-0.4, -0.2) is 67.7 Å². The van der Waals surface area contributed by atoms with Crippen molar-refractivity contribution in [1.82, 2.24) is 20.9 Å². The minimum atomic E-state index is -0.790. The quantitative estimate of drug-likeness (QED) is 0.228. The van der Waals surface area contributed by atoms with E-state index in [1.165, 1.54) is 0 Å². The number of amides is 3. The van der Waals surface area contributed by atoms with Crippen molar-refractivity contribution in [1.29, 1.82) is 0 Å². The van der Waals surface area contributed by atoms with Gasteiger partial charge in [-0.05, 0) is 57.8 Å². The van der Waals surface area contributed by atoms with Gasteiger partial charge in [-0.3, -0.25) is 15.1 Å². The number of carbonyl (C=O) groups is 2. The van der Waals surface area contributed by atoms with Crippen molar-refractivity contribution in [2.75, 3.05) is 39.4 Å². The Labute approximate surface area is 184 Å². The molecule has 0 spiro atoms. The number of nitrogens with one attached hydrogen (secondary N) is 3. The van der Waals surface area contributed by atoms with Gasteiger partial charge >= 0.3 is 6.03 Å². The van der Waals surface area contributed by atoms with Crippen LogP contribution in [0.1, 0.15) is 46.0 Å². The Kier molecular flexibility index (Phi) is 8.79. The van der Waals surface area contributed by atoms with Crippen LogP contribution in [0.2, 0.25) is 0 Å². The summed E-state index contributed by atoms with van der Waals surface area (Å²) in [4.78, 5) is 30.8. The molecule has 1 unspecified atom stereocenters. The third-order valence-corrected chi connectivity index (χ3v) is 6.16. The lowest BCUT2D eigenvalue weighted by atomic mass is 9.79. The number of carbonyl (C=O) groups excluding carboxylic acids is 2. The van der Waals surface area contributed by atoms with Crippen LogP contribution in [0.25, 0.3) is 0 Å². The lowest BCUT2D eigenvalue weighted by molar-refractivity contribution is -0.125. The molecule has 0 aromatic rings. The van der Waals surface area contributed by atoms with Crippen LogP contribution in [0.4, 0.5) is 4.79 Å². The average molecular weight is 507 g/mol. The number of guanidine groups is 1. The zero-order valence-electron chi connectivity index (χ0n) is 17.0. The van der Waals surface area contributed by atoms with Gasteiger partial charge in [-0.2, -0.15) is 0 Å². The topological polar surface area (TPSA) is 95.1 Å². The van der Waals surface area contributed by atoms with Crippen LogP contribution in [-0.2, 0) is 9.53 Å². The summed E-state index contributed by atoms with van der Waals surface area (Å²) in [6, 6.07) is -0.382. The molecule has 3 amide bonds. The molecule has 1 atom stereocenters. The highest BCUT2D eigenvalue weighted by molar-refractivity contribution is 14.0. The van der Waals surface area contributed by atoms with Crippen molar-refractivity contribution in [3.05, 3.63) is 0 Å². The lowest BCUT2D eigenvalue weighted by Crippen LogP contribution is -2.55. The van der Waals surface area contributed by atoms with Gasteiger partial charge in [-0.25, -0.2) is 4.79 Å². The van der Waals surface area contributed by atoms with E-state index in [2.05, 4.69) is 27.8 Å². The largest absolute Gasteiger partial charge is 0.381 e. The zero-order valence-corrected chi connectivity index (χ0v) is 19.3. The molecule has 3 fully saturated rings. The fraction of sp³-hybridized carbons (Fsp3) is 0.842. The maximum atomic E-state index is 12.2. The number of piperidine rings is 1. The minimum Gasteiger partial charge on any atom is -0.381 e. The molecule has 0 saturated carbocycles. The average Bonchev–Trinajstić information content (AvgIpc) is 2.95. The molecule has 160 valence electrons. The maximum Gasteiger partial charge on any atom is 0.322 e. The summed E-state index contributed by atoms with van der Waals surface area (Å²) >= 11 is 0. The molecule has 3 rings (SSSR count). The van der Waals surface area contributed by atoms with Crippen molar-refractivity contribution in [2.45, 2.75) is 51.5 Å². The molecule has 0 aliphatic carbocycles. The molecular weight excluding hydrogens is 473 g/mol. The second-order valence-corrected chi connectivity index (χ2v) is 7.95. The van der Waals surface area contributed by atoms with Crippen molar-refractivity contribution in [3.63, 3.8) is 0 Å². The summed E-state index contributed by atoms with van der Waals surface area (Å²) in [6.45, 7) is 9.03. The molecule has 3 aliphatic heterocycles. The monoisotopic (exact) mass is 507 g/mol. The van der Waals surface area contributed by atoms with Gasteiger partial charge in [0.2, 0.25) is 0 Å². The van der Waals surface area contributed by atoms with Gasteiger partial charge in [0.1, 0.15) is 5.54 Å². The van der Waals surface area contributed by atoms with Crippen LogP contribution in [0.3, 0.4) is 0 Å². The molecule has 3 saturated heterocycles. The molecule has 28 heavy (non-hydrogen) atoms. The number of urea groups is 1. The highest BCUT2D eigenvalue weighted by Gasteiger charge is 2.48. The first-order valence-electron chi connectivity index (χ1n) is 10.3. The summed E-state index contributed by atoms with van der Waals surface area (Å²) < 4.78 is 5.42. The highest BCUT2D eigenvalue weighted by Crippen LogP contribution is 2.30. The number of likely N-dealkylation sites (tertiary alicyclic amines) is 1. The molecule has 8 nitrogen and oxygen atoms in total. The molecule has 0 radical (unpaired) electrons. The zero-order chi connectivity index (χ0) is 19.3. The van der Waals surface area contributed by atoms with E-state index in [4.69, 9.17) is 9.73 Å². The van der Waals surface area contributed by atoms with E-state index in [0.717, 1.165) is 83.4 Å². The second-order valence-electron chi connectivity index (χ2n) is 7.95. The van der Waals surface area contributed by atoms with Crippen LogP contribution in [0, 0.1) is 11.8 Å². The van der Waals surface area contributed by atoms with E-state index in [0.29, 0.717) is 0 Å². The van der Waals surface area contributed by atoms with E-state index in [1.807, 2.05) is 6.92 Å². The number of nitrogens with zero attached hydrogens (tertiary/aromatic N) is 2. The summed E-state index contributed by atoms with van der Waals surface area (Å²) in [5.74, 6) is 1.63. The summed E-state index contributed by atoms with van der Waals surface area (Å²) in [5, 5.41) is 8.59. The smallest absolute Gasteiger partial charge is 0.322 e.